The van der Waals surface area contributed by atoms with Crippen LogP contribution in [0.5, 0.6) is 0 Å². The molecule has 0 atom stereocenters. The number of hydrogen-bond donors (Lipinski definition) is 1. The highest BCUT2D eigenvalue weighted by atomic mass is 16.4. The number of nitrogens with zero attached hydrogens (tertiary/aromatic N) is 2. The third-order valence-corrected chi connectivity index (χ3v) is 3.63. The number of aryl methyl sites for hydroxylation is 1. The predicted octanol–water partition coefficient (Wildman–Crippen LogP) is 2.95. The van der Waals surface area contributed by atoms with Crippen molar-refractivity contribution in [1.82, 2.24) is 15.5 Å². The van der Waals surface area contributed by atoms with Gasteiger partial charge in [0.2, 0.25) is 17.7 Å². The summed E-state index contributed by atoms with van der Waals surface area (Å²) >= 11 is 0. The highest BCUT2D eigenvalue weighted by molar-refractivity contribution is 5.78. The molecule has 0 aliphatic carbocycles. The third kappa shape index (κ3) is 4.29. The molecule has 24 heavy (non-hydrogen) atoms. The van der Waals surface area contributed by atoms with Crippen LogP contribution in [0.2, 0.25) is 0 Å². The summed E-state index contributed by atoms with van der Waals surface area (Å²) in [6.07, 6.45) is 0.888. The molecule has 0 unspecified atom stereocenters. The van der Waals surface area contributed by atoms with Crippen LogP contribution >= 0.6 is 0 Å². The van der Waals surface area contributed by atoms with E-state index >= 15 is 0 Å². The zero-order valence-corrected chi connectivity index (χ0v) is 13.5. The zero-order chi connectivity index (χ0) is 16.8. The number of aromatic nitrogens is 2. The van der Waals surface area contributed by atoms with Crippen LogP contribution in [0, 0.1) is 6.92 Å². The van der Waals surface area contributed by atoms with E-state index < -0.39 is 0 Å². The van der Waals surface area contributed by atoms with Crippen molar-refractivity contribution in [2.75, 3.05) is 6.54 Å². The molecule has 0 saturated heterocycles. The lowest BCUT2D eigenvalue weighted by Crippen LogP contribution is -2.27. The van der Waals surface area contributed by atoms with Gasteiger partial charge in [0.15, 0.2) is 0 Å². The Bertz CT molecular complexity index is 795. The van der Waals surface area contributed by atoms with Crippen LogP contribution in [-0.4, -0.2) is 22.6 Å². The van der Waals surface area contributed by atoms with Gasteiger partial charge in [-0.15, -0.1) is 10.2 Å². The van der Waals surface area contributed by atoms with E-state index in [9.17, 15) is 4.79 Å². The molecular weight excluding hydrogens is 302 g/mol. The lowest BCUT2D eigenvalue weighted by Gasteiger charge is -2.03. The van der Waals surface area contributed by atoms with Crippen molar-refractivity contribution in [3.8, 4) is 11.5 Å². The molecule has 2 aromatic carbocycles. The fraction of sp³-hybridized carbons (Fsp3) is 0.211. The van der Waals surface area contributed by atoms with Gasteiger partial charge in [0.05, 0.1) is 6.42 Å². The van der Waals surface area contributed by atoms with Crippen LogP contribution in [0.3, 0.4) is 0 Å². The van der Waals surface area contributed by atoms with Gasteiger partial charge in [-0.2, -0.15) is 0 Å². The Balaban J connectivity index is 1.49. The number of rotatable bonds is 6. The zero-order valence-electron chi connectivity index (χ0n) is 13.5. The molecule has 122 valence electrons. The van der Waals surface area contributed by atoms with Gasteiger partial charge in [-0.05, 0) is 24.6 Å². The van der Waals surface area contributed by atoms with E-state index in [0.717, 1.165) is 11.1 Å². The molecule has 0 radical (unpaired) electrons. The number of hydrogen-bond acceptors (Lipinski definition) is 4. The number of benzene rings is 2. The van der Waals surface area contributed by atoms with Gasteiger partial charge in [0.1, 0.15) is 0 Å². The fourth-order valence-electron chi connectivity index (χ4n) is 2.32. The average molecular weight is 321 g/mol. The molecule has 0 fully saturated rings. The maximum absolute atomic E-state index is 11.9. The van der Waals surface area contributed by atoms with Crippen molar-refractivity contribution >= 4 is 5.91 Å². The van der Waals surface area contributed by atoms with Gasteiger partial charge in [-0.3, -0.25) is 4.79 Å². The Morgan fingerprint density at radius 2 is 1.79 bits per heavy atom. The quantitative estimate of drug-likeness (QED) is 0.758. The highest BCUT2D eigenvalue weighted by Crippen LogP contribution is 2.18. The molecule has 1 heterocycles. The van der Waals surface area contributed by atoms with E-state index in [1.54, 1.807) is 0 Å². The lowest BCUT2D eigenvalue weighted by atomic mass is 10.1. The summed E-state index contributed by atoms with van der Waals surface area (Å²) in [7, 11) is 0. The van der Waals surface area contributed by atoms with E-state index in [-0.39, 0.29) is 5.91 Å². The molecule has 3 rings (SSSR count). The number of amides is 1. The Kier molecular flexibility index (Phi) is 5.01. The highest BCUT2D eigenvalue weighted by Gasteiger charge is 2.09. The van der Waals surface area contributed by atoms with Gasteiger partial charge in [0.25, 0.3) is 0 Å². The monoisotopic (exact) mass is 321 g/mol. The first-order valence-corrected chi connectivity index (χ1v) is 7.91. The minimum Gasteiger partial charge on any atom is -0.421 e. The molecule has 1 amide bonds. The Labute approximate surface area is 140 Å². The Morgan fingerprint density at radius 3 is 2.54 bits per heavy atom. The minimum absolute atomic E-state index is 0.0144. The van der Waals surface area contributed by atoms with Gasteiger partial charge in [0, 0.05) is 18.5 Å². The van der Waals surface area contributed by atoms with Crippen LogP contribution in [0.15, 0.2) is 59.0 Å². The van der Waals surface area contributed by atoms with Crippen LogP contribution in [-0.2, 0) is 17.6 Å². The van der Waals surface area contributed by atoms with Crippen LogP contribution < -0.4 is 5.32 Å². The van der Waals surface area contributed by atoms with Gasteiger partial charge >= 0.3 is 0 Å². The lowest BCUT2D eigenvalue weighted by molar-refractivity contribution is -0.120. The Morgan fingerprint density at radius 1 is 1.04 bits per heavy atom. The minimum atomic E-state index is -0.0144. The molecule has 0 bridgehead atoms. The van der Waals surface area contributed by atoms with Gasteiger partial charge < -0.3 is 9.73 Å². The van der Waals surface area contributed by atoms with Crippen molar-refractivity contribution in [2.45, 2.75) is 19.8 Å². The maximum Gasteiger partial charge on any atom is 0.247 e. The molecule has 5 nitrogen and oxygen atoms in total. The van der Waals surface area contributed by atoms with E-state index in [0.29, 0.717) is 31.2 Å². The molecular formula is C19H19N3O2. The summed E-state index contributed by atoms with van der Waals surface area (Å²) < 4.78 is 5.64. The Hall–Kier alpha value is -2.95. The maximum atomic E-state index is 11.9. The van der Waals surface area contributed by atoms with Crippen LogP contribution in [0.4, 0.5) is 0 Å². The smallest absolute Gasteiger partial charge is 0.247 e. The number of carbonyl (C=O) groups excluding carboxylic acids is 1. The molecule has 1 N–H and O–H groups in total. The SMILES string of the molecule is Cc1ccc(-c2nnc(CCNC(=O)Cc3ccccc3)o2)cc1. The van der Waals surface area contributed by atoms with Crippen LogP contribution in [0.25, 0.3) is 11.5 Å². The summed E-state index contributed by atoms with van der Waals surface area (Å²) in [6, 6.07) is 17.6. The van der Waals surface area contributed by atoms with Crippen molar-refractivity contribution in [3.63, 3.8) is 0 Å². The van der Waals surface area contributed by atoms with E-state index in [2.05, 4.69) is 15.5 Å². The summed E-state index contributed by atoms with van der Waals surface area (Å²) in [5, 5.41) is 10.9. The van der Waals surface area contributed by atoms with E-state index in [1.165, 1.54) is 5.56 Å². The normalized spacial score (nSPS) is 10.5. The van der Waals surface area contributed by atoms with Gasteiger partial charge in [-0.1, -0.05) is 48.0 Å². The third-order valence-electron chi connectivity index (χ3n) is 3.63. The molecule has 0 spiro atoms. The number of carbonyl (C=O) groups is 1. The summed E-state index contributed by atoms with van der Waals surface area (Å²) in [4.78, 5) is 11.9. The van der Waals surface area contributed by atoms with Crippen molar-refractivity contribution < 1.29 is 9.21 Å². The molecule has 1 aromatic heterocycles. The summed E-state index contributed by atoms with van der Waals surface area (Å²) in [5.74, 6) is 1.01. The summed E-state index contributed by atoms with van der Waals surface area (Å²) in [6.45, 7) is 2.50. The second kappa shape index (κ2) is 7.55. The first-order valence-electron chi connectivity index (χ1n) is 7.91. The first kappa shape index (κ1) is 15.9. The van der Waals surface area contributed by atoms with E-state index in [1.807, 2.05) is 61.5 Å². The number of nitrogens with one attached hydrogen (secondary N) is 1. The second-order valence-electron chi connectivity index (χ2n) is 5.63. The molecule has 5 heteroatoms. The molecule has 3 aromatic rings. The topological polar surface area (TPSA) is 68.0 Å². The van der Waals surface area contributed by atoms with Crippen molar-refractivity contribution in [3.05, 3.63) is 71.6 Å². The van der Waals surface area contributed by atoms with Crippen molar-refractivity contribution in [1.29, 1.82) is 0 Å². The molecule has 0 aliphatic heterocycles. The fourth-order valence-corrected chi connectivity index (χ4v) is 2.32. The van der Waals surface area contributed by atoms with Gasteiger partial charge in [-0.25, -0.2) is 0 Å². The largest absolute Gasteiger partial charge is 0.421 e. The second-order valence-corrected chi connectivity index (χ2v) is 5.63. The molecule has 0 aliphatic rings. The molecule has 0 saturated carbocycles. The summed E-state index contributed by atoms with van der Waals surface area (Å²) in [5.41, 5.74) is 3.07. The predicted molar refractivity (Wildman–Crippen MR) is 91.3 cm³/mol. The van der Waals surface area contributed by atoms with Crippen LogP contribution in [0.1, 0.15) is 17.0 Å². The van der Waals surface area contributed by atoms with E-state index in [4.69, 9.17) is 4.42 Å². The van der Waals surface area contributed by atoms with Crippen molar-refractivity contribution in [2.24, 2.45) is 0 Å². The first-order chi connectivity index (χ1) is 11.7. The average Bonchev–Trinajstić information content (AvgIpc) is 3.05. The standard InChI is InChI=1S/C19H19N3O2/c1-14-7-9-16(10-8-14)19-22-21-18(24-19)11-12-20-17(23)13-15-5-3-2-4-6-15/h2-10H,11-13H2,1H3,(H,20,23).